The van der Waals surface area contributed by atoms with Gasteiger partial charge in [0.25, 0.3) is 5.91 Å². The Labute approximate surface area is 123 Å². The summed E-state index contributed by atoms with van der Waals surface area (Å²) in [5.41, 5.74) is 10.9. The van der Waals surface area contributed by atoms with Gasteiger partial charge in [0.2, 0.25) is 0 Å². The van der Waals surface area contributed by atoms with Crippen molar-refractivity contribution < 1.29 is 9.90 Å². The Kier molecular flexibility index (Phi) is 3.09. The Balaban J connectivity index is 2.00. The average molecular weight is 282 g/mol. The summed E-state index contributed by atoms with van der Waals surface area (Å²) in [5.74, 6) is -0.164. The number of nitrogens with two attached hydrogens (primary N) is 1. The average Bonchev–Trinajstić information content (AvgIpc) is 2.81. The van der Waals surface area contributed by atoms with Crippen molar-refractivity contribution in [2.75, 3.05) is 17.2 Å². The molecular formula is C17H18N2O2. The first-order valence-corrected chi connectivity index (χ1v) is 6.98. The highest BCUT2D eigenvalue weighted by atomic mass is 16.3. The van der Waals surface area contributed by atoms with Crippen LogP contribution < -0.4 is 10.6 Å². The van der Waals surface area contributed by atoms with Gasteiger partial charge in [-0.25, -0.2) is 0 Å². The van der Waals surface area contributed by atoms with Crippen LogP contribution in [0, 0.1) is 13.8 Å². The van der Waals surface area contributed by atoms with Gasteiger partial charge in [0, 0.05) is 17.9 Å². The molecule has 0 aromatic heterocycles. The number of phenols is 1. The third-order valence-electron chi connectivity index (χ3n) is 3.99. The minimum Gasteiger partial charge on any atom is -0.507 e. The van der Waals surface area contributed by atoms with Gasteiger partial charge in [-0.1, -0.05) is 12.1 Å². The molecule has 1 heterocycles. The van der Waals surface area contributed by atoms with E-state index in [1.807, 2.05) is 32.0 Å². The van der Waals surface area contributed by atoms with Gasteiger partial charge in [-0.15, -0.1) is 0 Å². The quantitative estimate of drug-likeness (QED) is 0.790. The molecule has 108 valence electrons. The van der Waals surface area contributed by atoms with Crippen LogP contribution in [-0.4, -0.2) is 17.6 Å². The number of nitrogen functional groups attached to an aromatic ring is 1. The molecule has 0 unspecified atom stereocenters. The summed E-state index contributed by atoms with van der Waals surface area (Å²) in [7, 11) is 0. The summed E-state index contributed by atoms with van der Waals surface area (Å²) >= 11 is 0. The Hall–Kier alpha value is -2.49. The van der Waals surface area contributed by atoms with Crippen molar-refractivity contribution in [2.24, 2.45) is 0 Å². The SMILES string of the molecule is Cc1ccc(C(=O)N2CCc3cc(C)c(N)cc32)c(O)c1. The summed E-state index contributed by atoms with van der Waals surface area (Å²) in [5, 5.41) is 10.00. The van der Waals surface area contributed by atoms with Gasteiger partial charge >= 0.3 is 0 Å². The van der Waals surface area contributed by atoms with Crippen LogP contribution in [0.15, 0.2) is 30.3 Å². The van der Waals surface area contributed by atoms with Crippen molar-refractivity contribution in [1.82, 2.24) is 0 Å². The number of amides is 1. The van der Waals surface area contributed by atoms with Crippen LogP contribution >= 0.6 is 0 Å². The van der Waals surface area contributed by atoms with Crippen LogP contribution in [0.3, 0.4) is 0 Å². The van der Waals surface area contributed by atoms with Crippen LogP contribution in [0.1, 0.15) is 27.0 Å². The second-order valence-electron chi connectivity index (χ2n) is 5.56. The number of anilines is 2. The van der Waals surface area contributed by atoms with Crippen molar-refractivity contribution >= 4 is 17.3 Å². The lowest BCUT2D eigenvalue weighted by Crippen LogP contribution is -2.29. The lowest BCUT2D eigenvalue weighted by molar-refractivity contribution is 0.0987. The first-order valence-electron chi connectivity index (χ1n) is 6.98. The molecule has 2 aromatic rings. The van der Waals surface area contributed by atoms with E-state index in [9.17, 15) is 9.90 Å². The maximum atomic E-state index is 12.7. The van der Waals surface area contributed by atoms with E-state index in [1.54, 1.807) is 17.0 Å². The Bertz CT molecular complexity index is 738. The number of phenolic OH excluding ortho intramolecular Hbond substituents is 1. The molecule has 4 heteroatoms. The molecule has 4 nitrogen and oxygen atoms in total. The minimum absolute atomic E-state index is 0.0218. The first kappa shape index (κ1) is 13.5. The number of aromatic hydroxyl groups is 1. The smallest absolute Gasteiger partial charge is 0.262 e. The van der Waals surface area contributed by atoms with Crippen LogP contribution in [0.2, 0.25) is 0 Å². The van der Waals surface area contributed by atoms with E-state index in [2.05, 4.69) is 0 Å². The normalized spacial score (nSPS) is 13.3. The van der Waals surface area contributed by atoms with Gasteiger partial charge < -0.3 is 15.7 Å². The predicted octanol–water partition coefficient (Wildman–Crippen LogP) is 2.79. The van der Waals surface area contributed by atoms with Crippen LogP contribution in [0.5, 0.6) is 5.75 Å². The Morgan fingerprint density at radius 2 is 2.00 bits per heavy atom. The van der Waals surface area contributed by atoms with Crippen molar-refractivity contribution in [1.29, 1.82) is 0 Å². The third kappa shape index (κ3) is 2.23. The molecule has 3 N–H and O–H groups in total. The summed E-state index contributed by atoms with van der Waals surface area (Å²) in [4.78, 5) is 14.4. The lowest BCUT2D eigenvalue weighted by Gasteiger charge is -2.19. The number of rotatable bonds is 1. The number of fused-ring (bicyclic) bond motifs is 1. The maximum Gasteiger partial charge on any atom is 0.262 e. The van der Waals surface area contributed by atoms with Gasteiger partial charge in [0.15, 0.2) is 0 Å². The molecule has 3 rings (SSSR count). The van der Waals surface area contributed by atoms with E-state index < -0.39 is 0 Å². The molecule has 0 saturated carbocycles. The summed E-state index contributed by atoms with van der Waals surface area (Å²) in [6.07, 6.45) is 0.814. The number of carbonyl (C=O) groups excluding carboxylic acids is 1. The number of hydrogen-bond donors (Lipinski definition) is 2. The van der Waals surface area contributed by atoms with Crippen molar-refractivity contribution in [3.05, 3.63) is 52.6 Å². The van der Waals surface area contributed by atoms with Crippen molar-refractivity contribution in [2.45, 2.75) is 20.3 Å². The fourth-order valence-corrected chi connectivity index (χ4v) is 2.76. The standard InChI is InChI=1S/C17H18N2O2/c1-10-3-4-13(16(20)7-10)17(21)19-6-5-12-8-11(2)14(18)9-15(12)19/h3-4,7-9,20H,5-6,18H2,1-2H3. The molecule has 1 amide bonds. The van der Waals surface area contributed by atoms with E-state index in [0.717, 1.165) is 28.8 Å². The second-order valence-corrected chi connectivity index (χ2v) is 5.56. The summed E-state index contributed by atoms with van der Waals surface area (Å²) in [6, 6.07) is 8.98. The molecule has 0 aliphatic carbocycles. The molecule has 0 bridgehead atoms. The third-order valence-corrected chi connectivity index (χ3v) is 3.99. The zero-order valence-corrected chi connectivity index (χ0v) is 12.2. The molecule has 0 atom stereocenters. The molecule has 0 radical (unpaired) electrons. The van der Waals surface area contributed by atoms with Crippen LogP contribution in [0.4, 0.5) is 11.4 Å². The van der Waals surface area contributed by atoms with Crippen molar-refractivity contribution in [3.8, 4) is 5.75 Å². The summed E-state index contributed by atoms with van der Waals surface area (Å²) in [6.45, 7) is 4.46. The van der Waals surface area contributed by atoms with Gasteiger partial charge in [0.05, 0.1) is 5.56 Å². The highest BCUT2D eigenvalue weighted by Crippen LogP contribution is 2.34. The van der Waals surface area contributed by atoms with Gasteiger partial charge in [0.1, 0.15) is 5.75 Å². The number of nitrogens with zero attached hydrogens (tertiary/aromatic N) is 1. The monoisotopic (exact) mass is 282 g/mol. The molecule has 0 fully saturated rings. The molecule has 21 heavy (non-hydrogen) atoms. The van der Waals surface area contributed by atoms with Crippen LogP contribution in [-0.2, 0) is 6.42 Å². The minimum atomic E-state index is -0.186. The molecule has 1 aliphatic heterocycles. The van der Waals surface area contributed by atoms with Crippen LogP contribution in [0.25, 0.3) is 0 Å². The number of aryl methyl sites for hydroxylation is 2. The van der Waals surface area contributed by atoms with E-state index >= 15 is 0 Å². The van der Waals surface area contributed by atoms with Crippen molar-refractivity contribution in [3.63, 3.8) is 0 Å². The summed E-state index contributed by atoms with van der Waals surface area (Å²) < 4.78 is 0. The number of hydrogen-bond acceptors (Lipinski definition) is 3. The highest BCUT2D eigenvalue weighted by molar-refractivity contribution is 6.09. The van der Waals surface area contributed by atoms with Gasteiger partial charge in [-0.05, 0) is 55.2 Å². The number of carbonyl (C=O) groups is 1. The fourth-order valence-electron chi connectivity index (χ4n) is 2.76. The highest BCUT2D eigenvalue weighted by Gasteiger charge is 2.27. The van der Waals surface area contributed by atoms with E-state index in [1.165, 1.54) is 0 Å². The van der Waals surface area contributed by atoms with Gasteiger partial charge in [-0.2, -0.15) is 0 Å². The molecule has 0 saturated heterocycles. The second kappa shape index (κ2) is 4.81. The molecule has 0 spiro atoms. The Morgan fingerprint density at radius 3 is 2.71 bits per heavy atom. The maximum absolute atomic E-state index is 12.7. The lowest BCUT2D eigenvalue weighted by atomic mass is 10.1. The van der Waals surface area contributed by atoms with Gasteiger partial charge in [-0.3, -0.25) is 4.79 Å². The first-order chi connectivity index (χ1) is 9.97. The Morgan fingerprint density at radius 1 is 1.24 bits per heavy atom. The zero-order valence-electron chi connectivity index (χ0n) is 12.2. The molecule has 2 aromatic carbocycles. The number of benzene rings is 2. The molecular weight excluding hydrogens is 264 g/mol. The largest absolute Gasteiger partial charge is 0.507 e. The predicted molar refractivity (Wildman–Crippen MR) is 83.8 cm³/mol. The van der Waals surface area contributed by atoms with E-state index in [0.29, 0.717) is 17.8 Å². The molecule has 1 aliphatic rings. The van der Waals surface area contributed by atoms with E-state index in [-0.39, 0.29) is 11.7 Å². The zero-order chi connectivity index (χ0) is 15.1. The topological polar surface area (TPSA) is 66.6 Å². The fraction of sp³-hybridized carbons (Fsp3) is 0.235. The van der Waals surface area contributed by atoms with E-state index in [4.69, 9.17) is 5.73 Å².